The zero-order valence-electron chi connectivity index (χ0n) is 11.2. The minimum absolute atomic E-state index is 0.142. The molecule has 0 fully saturated rings. The Hall–Kier alpha value is -1.91. The predicted octanol–water partition coefficient (Wildman–Crippen LogP) is 3.01. The minimum atomic E-state index is -0.600. The van der Waals surface area contributed by atoms with Gasteiger partial charge in [0.25, 0.3) is 5.91 Å². The quantitative estimate of drug-likeness (QED) is 0.880. The molecule has 2 N–H and O–H groups in total. The Bertz CT molecular complexity index is 704. The van der Waals surface area contributed by atoms with E-state index < -0.39 is 5.82 Å². The maximum absolute atomic E-state index is 13.6. The fourth-order valence-corrected chi connectivity index (χ4v) is 2.84. The van der Waals surface area contributed by atoms with Crippen LogP contribution in [0.2, 0.25) is 5.02 Å². The van der Waals surface area contributed by atoms with E-state index in [1.54, 1.807) is 4.90 Å². The number of amides is 1. The number of nitrogens with zero attached hydrogens (tertiary/aromatic N) is 1. The van der Waals surface area contributed by atoms with Gasteiger partial charge in [-0.25, -0.2) is 4.39 Å². The van der Waals surface area contributed by atoms with E-state index in [4.69, 9.17) is 17.3 Å². The molecule has 3 nitrogen and oxygen atoms in total. The maximum Gasteiger partial charge on any atom is 0.259 e. The Morgan fingerprint density at radius 3 is 2.81 bits per heavy atom. The molecular weight excluding hydrogens is 291 g/mol. The van der Waals surface area contributed by atoms with E-state index in [0.29, 0.717) is 6.54 Å². The Morgan fingerprint density at radius 2 is 2.00 bits per heavy atom. The Balaban J connectivity index is 2.04. The van der Waals surface area contributed by atoms with Crippen LogP contribution in [-0.2, 0) is 6.42 Å². The van der Waals surface area contributed by atoms with E-state index >= 15 is 0 Å². The summed E-state index contributed by atoms with van der Waals surface area (Å²) >= 11 is 5.92. The van der Waals surface area contributed by atoms with Gasteiger partial charge >= 0.3 is 0 Å². The smallest absolute Gasteiger partial charge is 0.259 e. The lowest BCUT2D eigenvalue weighted by Gasteiger charge is -2.33. The molecule has 1 aliphatic rings. The zero-order chi connectivity index (χ0) is 15.0. The van der Waals surface area contributed by atoms with Gasteiger partial charge in [-0.1, -0.05) is 35.9 Å². The van der Waals surface area contributed by atoms with Crippen LogP contribution in [-0.4, -0.2) is 18.5 Å². The SMILES string of the molecule is NC1Cc2ccccc2N(C(=O)c2cccc(F)c2Cl)C1. The topological polar surface area (TPSA) is 46.3 Å². The number of para-hydroxylation sites is 1. The molecule has 0 saturated carbocycles. The Kier molecular flexibility index (Phi) is 3.66. The van der Waals surface area contributed by atoms with Crippen molar-refractivity contribution in [2.45, 2.75) is 12.5 Å². The van der Waals surface area contributed by atoms with Crippen molar-refractivity contribution in [3.63, 3.8) is 0 Å². The van der Waals surface area contributed by atoms with Gasteiger partial charge in [-0.15, -0.1) is 0 Å². The van der Waals surface area contributed by atoms with Crippen molar-refractivity contribution in [2.75, 3.05) is 11.4 Å². The normalized spacial score (nSPS) is 17.5. The van der Waals surface area contributed by atoms with Crippen LogP contribution >= 0.6 is 11.6 Å². The molecule has 5 heteroatoms. The number of halogens is 2. The van der Waals surface area contributed by atoms with E-state index in [1.165, 1.54) is 18.2 Å². The van der Waals surface area contributed by atoms with Gasteiger partial charge in [0.1, 0.15) is 5.82 Å². The molecule has 0 aliphatic carbocycles. The molecule has 2 aromatic rings. The number of benzene rings is 2. The first-order valence-corrected chi connectivity index (χ1v) is 7.05. The van der Waals surface area contributed by atoms with Crippen LogP contribution in [0, 0.1) is 5.82 Å². The molecule has 1 heterocycles. The summed E-state index contributed by atoms with van der Waals surface area (Å²) in [5.41, 5.74) is 8.00. The third-order valence-electron chi connectivity index (χ3n) is 3.61. The summed E-state index contributed by atoms with van der Waals surface area (Å²) in [6.45, 7) is 0.392. The third kappa shape index (κ3) is 2.52. The van der Waals surface area contributed by atoms with Gasteiger partial charge in [0.05, 0.1) is 10.6 Å². The second-order valence-corrected chi connectivity index (χ2v) is 5.49. The highest BCUT2D eigenvalue weighted by atomic mass is 35.5. The van der Waals surface area contributed by atoms with Crippen molar-refractivity contribution in [1.82, 2.24) is 0 Å². The number of fused-ring (bicyclic) bond motifs is 1. The van der Waals surface area contributed by atoms with Crippen molar-refractivity contribution in [3.8, 4) is 0 Å². The van der Waals surface area contributed by atoms with Gasteiger partial charge in [-0.05, 0) is 30.2 Å². The van der Waals surface area contributed by atoms with Gasteiger partial charge in [0.2, 0.25) is 0 Å². The summed E-state index contributed by atoms with van der Waals surface area (Å²) in [4.78, 5) is 14.3. The van der Waals surface area contributed by atoms with Crippen LogP contribution in [0.25, 0.3) is 0 Å². The number of hydrogen-bond donors (Lipinski definition) is 1. The standard InChI is InChI=1S/C16H14ClFN2O/c17-15-12(5-3-6-13(15)18)16(21)20-9-11(19)8-10-4-1-2-7-14(10)20/h1-7,11H,8-9,19H2. The molecule has 1 atom stereocenters. The van der Waals surface area contributed by atoms with Crippen molar-refractivity contribution in [2.24, 2.45) is 5.73 Å². The van der Waals surface area contributed by atoms with Crippen LogP contribution in [0.5, 0.6) is 0 Å². The molecule has 0 aromatic heterocycles. The number of anilines is 1. The maximum atomic E-state index is 13.6. The fraction of sp³-hybridized carbons (Fsp3) is 0.188. The average Bonchev–Trinajstić information content (AvgIpc) is 2.48. The second-order valence-electron chi connectivity index (χ2n) is 5.11. The number of carbonyl (C=O) groups excluding carboxylic acids is 1. The van der Waals surface area contributed by atoms with E-state index in [0.717, 1.165) is 17.7 Å². The van der Waals surface area contributed by atoms with Gasteiger partial charge in [-0.2, -0.15) is 0 Å². The van der Waals surface area contributed by atoms with Crippen molar-refractivity contribution >= 4 is 23.2 Å². The van der Waals surface area contributed by atoms with Gasteiger partial charge in [0.15, 0.2) is 0 Å². The fourth-order valence-electron chi connectivity index (χ4n) is 2.63. The lowest BCUT2D eigenvalue weighted by atomic mass is 9.97. The van der Waals surface area contributed by atoms with Crippen LogP contribution in [0.3, 0.4) is 0 Å². The van der Waals surface area contributed by atoms with E-state index in [9.17, 15) is 9.18 Å². The zero-order valence-corrected chi connectivity index (χ0v) is 12.0. The average molecular weight is 305 g/mol. The summed E-state index contributed by atoms with van der Waals surface area (Å²) in [6, 6.07) is 11.7. The second kappa shape index (κ2) is 5.47. The Labute approximate surface area is 127 Å². The summed E-state index contributed by atoms with van der Waals surface area (Å²) in [6.07, 6.45) is 0.719. The predicted molar refractivity (Wildman–Crippen MR) is 81.2 cm³/mol. The lowest BCUT2D eigenvalue weighted by Crippen LogP contribution is -2.46. The molecule has 1 aliphatic heterocycles. The van der Waals surface area contributed by atoms with E-state index in [-0.39, 0.29) is 22.5 Å². The van der Waals surface area contributed by atoms with Crippen LogP contribution in [0.1, 0.15) is 15.9 Å². The van der Waals surface area contributed by atoms with E-state index in [2.05, 4.69) is 0 Å². The number of nitrogens with two attached hydrogens (primary N) is 1. The number of rotatable bonds is 1. The molecule has 2 aromatic carbocycles. The molecule has 108 valence electrons. The first kappa shape index (κ1) is 14.0. The van der Waals surface area contributed by atoms with Crippen LogP contribution < -0.4 is 10.6 Å². The summed E-state index contributed by atoms with van der Waals surface area (Å²) in [7, 11) is 0. The highest BCUT2D eigenvalue weighted by Crippen LogP contribution is 2.29. The van der Waals surface area contributed by atoms with Gasteiger partial charge < -0.3 is 10.6 Å². The Morgan fingerprint density at radius 1 is 1.24 bits per heavy atom. The molecule has 3 rings (SSSR count). The number of hydrogen-bond acceptors (Lipinski definition) is 2. The monoisotopic (exact) mass is 304 g/mol. The van der Waals surface area contributed by atoms with Crippen molar-refractivity contribution < 1.29 is 9.18 Å². The van der Waals surface area contributed by atoms with Crippen molar-refractivity contribution in [1.29, 1.82) is 0 Å². The molecule has 1 unspecified atom stereocenters. The number of carbonyl (C=O) groups is 1. The largest absolute Gasteiger partial charge is 0.326 e. The van der Waals surface area contributed by atoms with E-state index in [1.807, 2.05) is 24.3 Å². The summed E-state index contributed by atoms with van der Waals surface area (Å²) in [5.74, 6) is -0.931. The van der Waals surface area contributed by atoms with Crippen molar-refractivity contribution in [3.05, 3.63) is 64.4 Å². The first-order valence-electron chi connectivity index (χ1n) is 6.67. The highest BCUT2D eigenvalue weighted by Gasteiger charge is 2.28. The minimum Gasteiger partial charge on any atom is -0.326 e. The third-order valence-corrected chi connectivity index (χ3v) is 3.99. The molecule has 21 heavy (non-hydrogen) atoms. The molecule has 0 saturated heterocycles. The van der Waals surface area contributed by atoms with Crippen LogP contribution in [0.15, 0.2) is 42.5 Å². The molecule has 1 amide bonds. The molecular formula is C16H14ClFN2O. The summed E-state index contributed by atoms with van der Waals surface area (Å²) in [5, 5.41) is -0.154. The molecule has 0 bridgehead atoms. The van der Waals surface area contributed by atoms with Gasteiger partial charge in [0, 0.05) is 18.3 Å². The lowest BCUT2D eigenvalue weighted by molar-refractivity contribution is 0.0983. The first-order chi connectivity index (χ1) is 10.1. The summed E-state index contributed by atoms with van der Waals surface area (Å²) < 4.78 is 13.6. The molecule has 0 spiro atoms. The highest BCUT2D eigenvalue weighted by molar-refractivity contribution is 6.34. The van der Waals surface area contributed by atoms with Crippen LogP contribution in [0.4, 0.5) is 10.1 Å². The van der Waals surface area contributed by atoms with Gasteiger partial charge in [-0.3, -0.25) is 4.79 Å². The molecule has 0 radical (unpaired) electrons.